The summed E-state index contributed by atoms with van der Waals surface area (Å²) < 4.78 is 14.1. The number of likely N-dealkylation sites (tertiary alicyclic amines) is 1. The van der Waals surface area contributed by atoms with Crippen LogP contribution in [-0.4, -0.2) is 87.9 Å². The van der Waals surface area contributed by atoms with Crippen LogP contribution in [0.5, 0.6) is 0 Å². The van der Waals surface area contributed by atoms with E-state index < -0.39 is 0 Å². The minimum Gasteiger partial charge on any atom is -0.393 e. The van der Waals surface area contributed by atoms with Crippen molar-refractivity contribution in [3.63, 3.8) is 0 Å². The molecule has 8 fully saturated rings. The zero-order valence-corrected chi connectivity index (χ0v) is 44.7. The first-order chi connectivity index (χ1) is 31.0. The molecule has 4 heterocycles. The van der Waals surface area contributed by atoms with Crippen LogP contribution in [0, 0.1) is 70.0 Å². The second-order valence-electron chi connectivity index (χ2n) is 25.8. The number of fused-ring (bicyclic) bond motifs is 12. The number of aliphatic hydroxyl groups excluding tert-OH is 2. The highest BCUT2D eigenvalue weighted by Crippen LogP contribution is 2.66. The molecular weight excluding hydrogens is 916 g/mol. The van der Waals surface area contributed by atoms with Crippen molar-refractivity contribution in [1.82, 2.24) is 10.2 Å². The van der Waals surface area contributed by atoms with Crippen LogP contribution in [-0.2, 0) is 9.47 Å². The molecule has 364 valence electrons. The van der Waals surface area contributed by atoms with Gasteiger partial charge < -0.3 is 29.9 Å². The van der Waals surface area contributed by atoms with Gasteiger partial charge in [-0.3, -0.25) is 0 Å². The van der Waals surface area contributed by atoms with Gasteiger partial charge >= 0.3 is 0 Å². The zero-order chi connectivity index (χ0) is 46.0. The normalized spacial score (nSPS) is 52.1. The highest BCUT2D eigenvalue weighted by molar-refractivity contribution is 14.1. The predicted octanol–water partition coefficient (Wildman–Crippen LogP) is 12.2. The van der Waals surface area contributed by atoms with Gasteiger partial charge in [-0.25, -0.2) is 0 Å². The fourth-order valence-electron chi connectivity index (χ4n) is 19.0. The van der Waals surface area contributed by atoms with Gasteiger partial charge in [-0.2, -0.15) is 0 Å². The fourth-order valence-corrected chi connectivity index (χ4v) is 19.0. The quantitative estimate of drug-likeness (QED) is 0.128. The molecule has 0 bridgehead atoms. The van der Waals surface area contributed by atoms with Crippen molar-refractivity contribution in [2.45, 2.75) is 219 Å². The first-order valence-electron chi connectivity index (χ1n) is 27.3. The van der Waals surface area contributed by atoms with Crippen LogP contribution < -0.4 is 5.32 Å². The van der Waals surface area contributed by atoms with E-state index in [0.717, 1.165) is 92.4 Å². The monoisotopic (exact) mass is 1010 g/mol. The molecule has 0 aromatic carbocycles. The van der Waals surface area contributed by atoms with Gasteiger partial charge in [0.25, 0.3) is 0 Å². The first-order valence-corrected chi connectivity index (χ1v) is 29.5. The Hall–Kier alpha value is -0.550. The third-order valence-corrected chi connectivity index (χ3v) is 22.5. The van der Waals surface area contributed by atoms with Crippen LogP contribution >= 0.6 is 22.6 Å². The molecule has 0 aromatic heterocycles. The van der Waals surface area contributed by atoms with Crippen LogP contribution in [0.15, 0.2) is 45.6 Å². The number of nitrogens with one attached hydrogen (secondary N) is 1. The van der Waals surface area contributed by atoms with Crippen molar-refractivity contribution < 1.29 is 19.7 Å². The minimum absolute atomic E-state index is 0.0534. The van der Waals surface area contributed by atoms with Crippen molar-refractivity contribution in [1.29, 1.82) is 0 Å². The number of nitrogens with zero attached hydrogens (tertiary/aromatic N) is 1. The highest BCUT2D eigenvalue weighted by Gasteiger charge is 2.61. The van der Waals surface area contributed by atoms with E-state index in [1.54, 1.807) is 27.9 Å². The molecule has 7 heteroatoms. The molecule has 12 rings (SSSR count). The van der Waals surface area contributed by atoms with Gasteiger partial charge in [0.05, 0.1) is 35.6 Å². The minimum atomic E-state index is -0.107. The lowest BCUT2D eigenvalue weighted by Gasteiger charge is -2.49. The second-order valence-corrected chi connectivity index (χ2v) is 25.8. The largest absolute Gasteiger partial charge is 0.393 e. The van der Waals surface area contributed by atoms with E-state index in [2.05, 4.69) is 107 Å². The maximum absolute atomic E-state index is 10.3. The van der Waals surface area contributed by atoms with E-state index >= 15 is 0 Å². The summed E-state index contributed by atoms with van der Waals surface area (Å²) in [5, 5.41) is 24.4. The van der Waals surface area contributed by atoms with Gasteiger partial charge in [0.2, 0.25) is 0 Å². The summed E-state index contributed by atoms with van der Waals surface area (Å²) in [4.78, 5) is 4.59. The van der Waals surface area contributed by atoms with Crippen molar-refractivity contribution in [2.24, 2.45) is 70.0 Å². The van der Waals surface area contributed by atoms with Gasteiger partial charge in [-0.1, -0.05) is 110 Å². The maximum Gasteiger partial charge on any atom is 0.0765 e. The molecule has 65 heavy (non-hydrogen) atoms. The Morgan fingerprint density at radius 3 is 1.69 bits per heavy atom. The third kappa shape index (κ3) is 7.87. The number of rotatable bonds is 0. The van der Waals surface area contributed by atoms with Gasteiger partial charge in [0, 0.05) is 30.5 Å². The Morgan fingerprint density at radius 1 is 0.662 bits per heavy atom. The maximum atomic E-state index is 10.3. The molecule has 6 nitrogen and oxygen atoms in total. The summed E-state index contributed by atoms with van der Waals surface area (Å²) in [6.07, 6.45) is 26.9. The van der Waals surface area contributed by atoms with E-state index in [0.29, 0.717) is 47.0 Å². The highest BCUT2D eigenvalue weighted by atomic mass is 127. The zero-order valence-electron chi connectivity index (χ0n) is 42.6. The first kappa shape index (κ1) is 48.1. The number of hydrogen-bond donors (Lipinski definition) is 3. The summed E-state index contributed by atoms with van der Waals surface area (Å²) in [5.41, 5.74) is 10.9. The fraction of sp³-hybridized carbons (Fsp3) is 0.862. The topological polar surface area (TPSA) is 74.2 Å². The number of ether oxygens (including phenoxy) is 2. The summed E-state index contributed by atoms with van der Waals surface area (Å²) in [6.45, 7) is 22.1. The molecule has 20 atom stereocenters. The van der Waals surface area contributed by atoms with Crippen molar-refractivity contribution in [3.8, 4) is 0 Å². The molecule has 8 aliphatic carbocycles. The number of piperidine rings is 2. The van der Waals surface area contributed by atoms with Gasteiger partial charge in [-0.05, 0) is 206 Å². The molecular formula is C58H91IN2O4. The van der Waals surface area contributed by atoms with Crippen molar-refractivity contribution >= 4 is 22.6 Å². The summed E-state index contributed by atoms with van der Waals surface area (Å²) >= 11 is 2.15. The smallest absolute Gasteiger partial charge is 0.0765 e. The van der Waals surface area contributed by atoms with E-state index in [4.69, 9.17) is 9.47 Å². The van der Waals surface area contributed by atoms with Crippen molar-refractivity contribution in [3.05, 3.63) is 45.6 Å². The van der Waals surface area contributed by atoms with Gasteiger partial charge in [0.1, 0.15) is 0 Å². The molecule has 0 radical (unpaired) electrons. The van der Waals surface area contributed by atoms with Crippen LogP contribution in [0.2, 0.25) is 0 Å². The third-order valence-electron chi connectivity index (χ3n) is 22.5. The number of hydrogen-bond acceptors (Lipinski definition) is 6. The molecule has 3 N–H and O–H groups in total. The lowest BCUT2D eigenvalue weighted by atomic mass is 9.56. The average Bonchev–Trinajstić information content (AvgIpc) is 3.94. The SMILES string of the molecule is CC1=C2C[C@H]3[C@@H](CC=C4C[C@@H](O)CC[C@@]43C)[C@@H]2CC[C@@]2(C1)O[C@@H]1C[C@H](C)CN(C)[C@H]1[C@H]2C.CC1=C2C[C@H]3[C@@H](CC=C4C[C@@H](O)CC[C@@]43C)[C@@H]2CC[C@@]2(C1)O[C@@H]1C[C@H](C)CN[C@H]1[C@H]2C.CI. The van der Waals surface area contributed by atoms with Crippen molar-refractivity contribution in [2.75, 3.05) is 25.1 Å². The van der Waals surface area contributed by atoms with E-state index in [9.17, 15) is 10.2 Å². The lowest BCUT2D eigenvalue weighted by molar-refractivity contribution is -0.0777. The Kier molecular flexibility index (Phi) is 13.3. The molecule has 0 unspecified atom stereocenters. The molecule has 4 saturated carbocycles. The molecule has 2 spiro atoms. The van der Waals surface area contributed by atoms with E-state index in [1.807, 2.05) is 10.5 Å². The number of allylic oxidation sites excluding steroid dienone is 4. The predicted molar refractivity (Wildman–Crippen MR) is 274 cm³/mol. The van der Waals surface area contributed by atoms with Crippen LogP contribution in [0.25, 0.3) is 0 Å². The molecule has 0 aromatic rings. The number of halogens is 1. The molecule has 4 saturated heterocycles. The number of likely N-dealkylation sites (N-methyl/N-ethyl adjacent to an activating group) is 1. The Bertz CT molecular complexity index is 1940. The lowest BCUT2D eigenvalue weighted by Crippen LogP contribution is -2.49. The Labute approximate surface area is 409 Å². The number of aliphatic hydroxyl groups is 2. The summed E-state index contributed by atoms with van der Waals surface area (Å²) in [5.74, 6) is 7.40. The average molecular weight is 1010 g/mol. The van der Waals surface area contributed by atoms with Gasteiger partial charge in [0.15, 0.2) is 0 Å². The summed E-state index contributed by atoms with van der Waals surface area (Å²) in [7, 11) is 2.33. The second kappa shape index (κ2) is 17.9. The molecule has 12 aliphatic rings. The molecule has 4 aliphatic heterocycles. The number of alkyl halides is 1. The van der Waals surface area contributed by atoms with E-state index in [1.165, 1.54) is 83.6 Å². The van der Waals surface area contributed by atoms with Gasteiger partial charge in [-0.15, -0.1) is 0 Å². The van der Waals surface area contributed by atoms with E-state index in [-0.39, 0.29) is 23.4 Å². The van der Waals surface area contributed by atoms with Crippen LogP contribution in [0.1, 0.15) is 171 Å². The van der Waals surface area contributed by atoms with Crippen LogP contribution in [0.3, 0.4) is 0 Å². The Morgan fingerprint density at radius 2 is 1.15 bits per heavy atom. The van der Waals surface area contributed by atoms with Crippen LogP contribution in [0.4, 0.5) is 0 Å². The standard InChI is InChI=1S/C29H45NO2.C28H43NO2.CH3I/c1-17-12-26-27(30(5)16-17)19(3)29(32-26)11-9-22-23-7-6-20-13-21(31)8-10-28(20,4)25(23)14-24(22)18(2)15-29;1-16-11-25-26(29-15-16)18(3)28(31-25)10-8-21-22-6-5-19-12-20(30)7-9-27(19,4)24(22)13-23(21)17(2)14-28;1-2/h6,17,19,21-23,25-27,31H,7-16H2,1-5H3;5,16,18,20-22,24-26,29-30H,6-15H2,1-4H3;1H3/t17-,19+,21-,22-,23-,25-,26+,27-,28-,29-;16-,18+,20-,21-,22-,24-,25+,26-,27-,28-;/m00./s1. The Balaban J connectivity index is 0.000000148. The summed E-state index contributed by atoms with van der Waals surface area (Å²) in [6, 6.07) is 1.15. The molecule has 0 amide bonds.